The minimum Gasteiger partial charge on any atom is -0.486 e. The Labute approximate surface area is 97.9 Å². The van der Waals surface area contributed by atoms with Crippen LogP contribution in [0.2, 0.25) is 0 Å². The highest BCUT2D eigenvalue weighted by atomic mass is 16.6. The van der Waals surface area contributed by atoms with Crippen molar-refractivity contribution in [2.45, 2.75) is 6.92 Å². The summed E-state index contributed by atoms with van der Waals surface area (Å²) in [6.07, 6.45) is 0. The highest BCUT2D eigenvalue weighted by Gasteiger charge is 2.14. The molecule has 2 aromatic rings. The second-order valence-corrected chi connectivity index (χ2v) is 3.80. The van der Waals surface area contributed by atoms with Crippen LogP contribution in [-0.2, 0) is 0 Å². The van der Waals surface area contributed by atoms with Gasteiger partial charge in [-0.25, -0.2) is 4.68 Å². The summed E-state index contributed by atoms with van der Waals surface area (Å²) in [6, 6.07) is 5.63. The van der Waals surface area contributed by atoms with E-state index in [2.05, 4.69) is 10.3 Å². The maximum atomic E-state index is 5.67. The van der Waals surface area contributed by atoms with Crippen LogP contribution in [0, 0.1) is 6.92 Å². The van der Waals surface area contributed by atoms with Gasteiger partial charge in [-0.05, 0) is 19.1 Å². The molecule has 0 saturated carbocycles. The van der Waals surface area contributed by atoms with E-state index in [4.69, 9.17) is 15.2 Å². The van der Waals surface area contributed by atoms with Gasteiger partial charge in [-0.2, -0.15) is 0 Å². The minimum absolute atomic E-state index is 0.430. The summed E-state index contributed by atoms with van der Waals surface area (Å²) in [5.74, 6) is 1.91. The molecule has 0 amide bonds. The minimum atomic E-state index is 0.430. The maximum absolute atomic E-state index is 5.67. The molecule has 1 aromatic heterocycles. The summed E-state index contributed by atoms with van der Waals surface area (Å²) in [5, 5.41) is 7.80. The quantitative estimate of drug-likeness (QED) is 0.791. The van der Waals surface area contributed by atoms with Crippen molar-refractivity contribution in [3.8, 4) is 17.2 Å². The molecular weight excluding hydrogens is 220 g/mol. The van der Waals surface area contributed by atoms with Crippen LogP contribution < -0.4 is 15.2 Å². The first-order valence-electron chi connectivity index (χ1n) is 5.33. The van der Waals surface area contributed by atoms with Gasteiger partial charge >= 0.3 is 0 Å². The van der Waals surface area contributed by atoms with Gasteiger partial charge in [-0.1, -0.05) is 5.21 Å². The fraction of sp³-hybridized carbons (Fsp3) is 0.273. The normalized spacial score (nSPS) is 13.7. The fourth-order valence-electron chi connectivity index (χ4n) is 1.75. The molecular formula is C11H12N4O2. The Morgan fingerprint density at radius 1 is 1.24 bits per heavy atom. The summed E-state index contributed by atoms with van der Waals surface area (Å²) in [7, 11) is 0. The van der Waals surface area contributed by atoms with Crippen molar-refractivity contribution in [1.29, 1.82) is 0 Å². The topological polar surface area (TPSA) is 75.2 Å². The molecule has 2 N–H and O–H groups in total. The van der Waals surface area contributed by atoms with Crippen LogP contribution in [0.25, 0.3) is 5.69 Å². The zero-order chi connectivity index (χ0) is 11.8. The van der Waals surface area contributed by atoms with Gasteiger partial charge in [0.15, 0.2) is 17.3 Å². The molecule has 6 nitrogen and oxygen atoms in total. The van der Waals surface area contributed by atoms with E-state index in [1.807, 2.05) is 25.1 Å². The molecule has 1 aliphatic heterocycles. The molecule has 0 atom stereocenters. The number of anilines is 1. The number of hydrogen-bond acceptors (Lipinski definition) is 5. The third-order valence-electron chi connectivity index (χ3n) is 2.70. The number of hydrogen-bond donors (Lipinski definition) is 1. The summed E-state index contributed by atoms with van der Waals surface area (Å²) in [5.41, 5.74) is 7.33. The van der Waals surface area contributed by atoms with Gasteiger partial charge in [0.25, 0.3) is 0 Å². The number of benzene rings is 1. The first kappa shape index (κ1) is 9.95. The number of nitrogen functional groups attached to an aromatic ring is 1. The van der Waals surface area contributed by atoms with Crippen molar-refractivity contribution in [3.05, 3.63) is 23.9 Å². The number of nitrogens with two attached hydrogens (primary N) is 1. The average Bonchev–Trinajstić information content (AvgIpc) is 2.70. The molecule has 6 heteroatoms. The summed E-state index contributed by atoms with van der Waals surface area (Å²) in [4.78, 5) is 0. The average molecular weight is 232 g/mol. The maximum Gasteiger partial charge on any atom is 0.169 e. The van der Waals surface area contributed by atoms with Gasteiger partial charge in [0.1, 0.15) is 13.2 Å². The molecule has 1 aliphatic rings. The van der Waals surface area contributed by atoms with E-state index in [1.165, 1.54) is 0 Å². The van der Waals surface area contributed by atoms with Crippen molar-refractivity contribution < 1.29 is 9.47 Å². The zero-order valence-corrected chi connectivity index (χ0v) is 9.38. The van der Waals surface area contributed by atoms with Crippen LogP contribution in [-0.4, -0.2) is 28.2 Å². The molecule has 0 bridgehead atoms. The lowest BCUT2D eigenvalue weighted by Crippen LogP contribution is -2.15. The van der Waals surface area contributed by atoms with Gasteiger partial charge in [0.05, 0.1) is 11.4 Å². The summed E-state index contributed by atoms with van der Waals surface area (Å²) in [6.45, 7) is 3.02. The van der Waals surface area contributed by atoms with Crippen molar-refractivity contribution >= 4 is 5.82 Å². The molecule has 0 radical (unpaired) electrons. The standard InChI is InChI=1S/C11H12N4O2/c1-7-11(12)13-14-15(7)8-2-3-9-10(6-8)17-5-4-16-9/h2-3,6H,4-5,12H2,1H3. The Bertz CT molecular complexity index is 565. The monoisotopic (exact) mass is 232 g/mol. The largest absolute Gasteiger partial charge is 0.486 e. The third-order valence-corrected chi connectivity index (χ3v) is 2.70. The molecule has 17 heavy (non-hydrogen) atoms. The second-order valence-electron chi connectivity index (χ2n) is 3.80. The molecule has 0 unspecified atom stereocenters. The van der Waals surface area contributed by atoms with E-state index in [1.54, 1.807) is 4.68 Å². The smallest absolute Gasteiger partial charge is 0.169 e. The van der Waals surface area contributed by atoms with E-state index in [-0.39, 0.29) is 0 Å². The Hall–Kier alpha value is -2.24. The van der Waals surface area contributed by atoms with Crippen LogP contribution in [0.5, 0.6) is 11.5 Å². The number of fused-ring (bicyclic) bond motifs is 1. The Balaban J connectivity index is 2.07. The SMILES string of the molecule is Cc1c(N)nnn1-c1ccc2c(c1)OCCO2. The first-order valence-corrected chi connectivity index (χ1v) is 5.33. The first-order chi connectivity index (χ1) is 8.25. The van der Waals surface area contributed by atoms with Gasteiger partial charge in [-0.3, -0.25) is 0 Å². The van der Waals surface area contributed by atoms with E-state index in [9.17, 15) is 0 Å². The van der Waals surface area contributed by atoms with Crippen molar-refractivity contribution in [1.82, 2.24) is 15.0 Å². The summed E-state index contributed by atoms with van der Waals surface area (Å²) < 4.78 is 12.6. The lowest BCUT2D eigenvalue weighted by Gasteiger charge is -2.18. The zero-order valence-electron chi connectivity index (χ0n) is 9.38. The van der Waals surface area contributed by atoms with E-state index in [0.717, 1.165) is 22.9 Å². The number of ether oxygens (including phenoxy) is 2. The van der Waals surface area contributed by atoms with Crippen LogP contribution in [0.1, 0.15) is 5.69 Å². The van der Waals surface area contributed by atoms with Gasteiger partial charge in [0, 0.05) is 6.07 Å². The predicted octanol–water partition coefficient (Wildman–Crippen LogP) is 0.929. The number of aromatic nitrogens is 3. The molecule has 0 aliphatic carbocycles. The lowest BCUT2D eigenvalue weighted by molar-refractivity contribution is 0.171. The molecule has 3 rings (SSSR count). The van der Waals surface area contributed by atoms with Crippen LogP contribution in [0.3, 0.4) is 0 Å². The highest BCUT2D eigenvalue weighted by molar-refractivity contribution is 5.50. The van der Waals surface area contributed by atoms with Gasteiger partial charge in [-0.15, -0.1) is 5.10 Å². The van der Waals surface area contributed by atoms with E-state index in [0.29, 0.717) is 19.0 Å². The Morgan fingerprint density at radius 2 is 2.00 bits per heavy atom. The second kappa shape index (κ2) is 3.65. The summed E-state index contributed by atoms with van der Waals surface area (Å²) >= 11 is 0. The van der Waals surface area contributed by atoms with Crippen molar-refractivity contribution in [2.75, 3.05) is 18.9 Å². The highest BCUT2D eigenvalue weighted by Crippen LogP contribution is 2.32. The molecule has 0 saturated heterocycles. The van der Waals surface area contributed by atoms with Crippen LogP contribution in [0.15, 0.2) is 18.2 Å². The lowest BCUT2D eigenvalue weighted by atomic mass is 10.2. The van der Waals surface area contributed by atoms with E-state index >= 15 is 0 Å². The van der Waals surface area contributed by atoms with Gasteiger partial charge in [0.2, 0.25) is 0 Å². The Morgan fingerprint density at radius 3 is 2.71 bits per heavy atom. The fourth-order valence-corrected chi connectivity index (χ4v) is 1.75. The number of nitrogens with zero attached hydrogens (tertiary/aromatic N) is 3. The van der Waals surface area contributed by atoms with Crippen LogP contribution >= 0.6 is 0 Å². The predicted molar refractivity (Wildman–Crippen MR) is 61.5 cm³/mol. The number of rotatable bonds is 1. The molecule has 88 valence electrons. The van der Waals surface area contributed by atoms with Crippen molar-refractivity contribution in [2.24, 2.45) is 0 Å². The molecule has 1 aromatic carbocycles. The van der Waals surface area contributed by atoms with Gasteiger partial charge < -0.3 is 15.2 Å². The third kappa shape index (κ3) is 1.57. The molecule has 0 spiro atoms. The van der Waals surface area contributed by atoms with Crippen LogP contribution in [0.4, 0.5) is 5.82 Å². The van der Waals surface area contributed by atoms with Crippen molar-refractivity contribution in [3.63, 3.8) is 0 Å². The molecule has 0 fully saturated rings. The Kier molecular flexibility index (Phi) is 2.14. The van der Waals surface area contributed by atoms with E-state index < -0.39 is 0 Å². The molecule has 2 heterocycles.